The SMILES string of the molecule is COc1cccc(CN2C(=N)S/C(=C3\S/C=C/C=C\C=C(/C)N3C)C2=O)c1. The lowest BCUT2D eigenvalue weighted by atomic mass is 10.2. The van der Waals surface area contributed by atoms with E-state index in [2.05, 4.69) is 0 Å². The minimum Gasteiger partial charge on any atom is -0.497 e. The van der Waals surface area contributed by atoms with Gasteiger partial charge in [-0.25, -0.2) is 0 Å². The lowest BCUT2D eigenvalue weighted by molar-refractivity contribution is -0.122. The van der Waals surface area contributed by atoms with Crippen LogP contribution in [0.3, 0.4) is 0 Å². The molecule has 2 aliphatic rings. The fraction of sp³-hybridized carbons (Fsp3) is 0.200. The van der Waals surface area contributed by atoms with E-state index in [9.17, 15) is 4.79 Å². The van der Waals surface area contributed by atoms with E-state index >= 15 is 0 Å². The van der Waals surface area contributed by atoms with Gasteiger partial charge < -0.3 is 9.64 Å². The largest absolute Gasteiger partial charge is 0.497 e. The van der Waals surface area contributed by atoms with Gasteiger partial charge in [0.1, 0.15) is 10.7 Å². The second-order valence-corrected chi connectivity index (χ2v) is 7.88. The van der Waals surface area contributed by atoms with Gasteiger partial charge >= 0.3 is 0 Å². The van der Waals surface area contributed by atoms with E-state index in [1.807, 2.05) is 72.8 Å². The number of allylic oxidation sites excluding steroid dienone is 5. The van der Waals surface area contributed by atoms with Crippen LogP contribution in [0.5, 0.6) is 5.75 Å². The minimum absolute atomic E-state index is 0.143. The van der Waals surface area contributed by atoms with Gasteiger partial charge in [0.05, 0.1) is 18.7 Å². The Balaban J connectivity index is 1.91. The summed E-state index contributed by atoms with van der Waals surface area (Å²) in [5.41, 5.74) is 1.95. The molecule has 1 amide bonds. The molecular formula is C20H21N3O2S2. The monoisotopic (exact) mass is 399 g/mol. The summed E-state index contributed by atoms with van der Waals surface area (Å²) in [4.78, 5) is 17.2. The van der Waals surface area contributed by atoms with Crippen LogP contribution >= 0.6 is 23.5 Å². The quantitative estimate of drug-likeness (QED) is 0.757. The van der Waals surface area contributed by atoms with Gasteiger partial charge in [0.15, 0.2) is 5.17 Å². The Morgan fingerprint density at radius 2 is 2.04 bits per heavy atom. The first-order valence-corrected chi connectivity index (χ1v) is 10.1. The standard InChI is InChI=1S/C20H21N3O2S2/c1-14-8-5-4-6-11-26-19(22(14)2)17-18(24)23(20(21)27-17)13-15-9-7-10-16(12-15)25-3/h4-12,21H,13H2,1-3H3/b5-4-,11-6+,14-8+,19-17-,21-20?. The first kappa shape index (κ1) is 19.4. The maximum Gasteiger partial charge on any atom is 0.269 e. The number of rotatable bonds is 3. The summed E-state index contributed by atoms with van der Waals surface area (Å²) in [6, 6.07) is 7.57. The van der Waals surface area contributed by atoms with Gasteiger partial charge in [0, 0.05) is 12.7 Å². The molecule has 1 N–H and O–H groups in total. The molecule has 0 aromatic heterocycles. The zero-order chi connectivity index (χ0) is 19.4. The summed E-state index contributed by atoms with van der Waals surface area (Å²) in [7, 11) is 3.55. The van der Waals surface area contributed by atoms with Gasteiger partial charge in [-0.05, 0) is 47.9 Å². The molecule has 5 nitrogen and oxygen atoms in total. The summed E-state index contributed by atoms with van der Waals surface area (Å²) in [6.07, 6.45) is 7.87. The number of nitrogens with zero attached hydrogens (tertiary/aromatic N) is 2. The van der Waals surface area contributed by atoms with Gasteiger partial charge in [-0.3, -0.25) is 15.1 Å². The molecule has 3 rings (SSSR count). The molecule has 1 fully saturated rings. The van der Waals surface area contributed by atoms with Crippen LogP contribution in [-0.4, -0.2) is 35.0 Å². The van der Waals surface area contributed by atoms with Crippen LogP contribution in [-0.2, 0) is 11.3 Å². The normalized spacial score (nSPS) is 24.8. The van der Waals surface area contributed by atoms with Crippen LogP contribution in [0.4, 0.5) is 0 Å². The van der Waals surface area contributed by atoms with E-state index in [-0.39, 0.29) is 11.1 Å². The molecule has 0 saturated carbocycles. The van der Waals surface area contributed by atoms with E-state index in [0.717, 1.165) is 22.0 Å². The lowest BCUT2D eigenvalue weighted by Gasteiger charge is -2.23. The predicted molar refractivity (Wildman–Crippen MR) is 113 cm³/mol. The molecule has 1 aromatic rings. The lowest BCUT2D eigenvalue weighted by Crippen LogP contribution is -2.28. The highest BCUT2D eigenvalue weighted by atomic mass is 32.2. The zero-order valence-corrected chi connectivity index (χ0v) is 17.1. The number of thioether (sulfide) groups is 2. The highest BCUT2D eigenvalue weighted by molar-refractivity contribution is 8.19. The number of benzene rings is 1. The number of nitrogens with one attached hydrogen (secondary N) is 1. The number of amides is 1. The number of carbonyl (C=O) groups excluding carboxylic acids is 1. The van der Waals surface area contributed by atoms with Crippen LogP contribution in [0.1, 0.15) is 12.5 Å². The number of hydrogen-bond donors (Lipinski definition) is 1. The number of carbonyl (C=O) groups is 1. The molecule has 7 heteroatoms. The van der Waals surface area contributed by atoms with Crippen molar-refractivity contribution in [2.45, 2.75) is 13.5 Å². The molecule has 0 spiro atoms. The summed E-state index contributed by atoms with van der Waals surface area (Å²) in [5, 5.41) is 11.3. The Kier molecular flexibility index (Phi) is 6.13. The van der Waals surface area contributed by atoms with Crippen LogP contribution in [0.25, 0.3) is 0 Å². The Labute approximate surface area is 167 Å². The highest BCUT2D eigenvalue weighted by Gasteiger charge is 2.36. The van der Waals surface area contributed by atoms with Crippen molar-refractivity contribution in [3.8, 4) is 5.75 Å². The Morgan fingerprint density at radius 3 is 2.81 bits per heavy atom. The van der Waals surface area contributed by atoms with Crippen molar-refractivity contribution in [1.82, 2.24) is 9.80 Å². The Bertz CT molecular complexity index is 887. The predicted octanol–water partition coefficient (Wildman–Crippen LogP) is 4.53. The Hall–Kier alpha value is -2.38. The first-order valence-electron chi connectivity index (χ1n) is 8.37. The smallest absolute Gasteiger partial charge is 0.269 e. The average molecular weight is 400 g/mol. The highest BCUT2D eigenvalue weighted by Crippen LogP contribution is 2.40. The van der Waals surface area contributed by atoms with E-state index in [1.54, 1.807) is 7.11 Å². The van der Waals surface area contributed by atoms with Crippen molar-refractivity contribution in [2.75, 3.05) is 14.2 Å². The van der Waals surface area contributed by atoms with E-state index in [1.165, 1.54) is 28.4 Å². The molecule has 0 radical (unpaired) electrons. The molecule has 0 unspecified atom stereocenters. The van der Waals surface area contributed by atoms with Crippen molar-refractivity contribution >= 4 is 34.6 Å². The first-order chi connectivity index (χ1) is 13.0. The van der Waals surface area contributed by atoms with Crippen LogP contribution in [0.2, 0.25) is 0 Å². The minimum atomic E-state index is -0.143. The van der Waals surface area contributed by atoms with Gasteiger partial charge in [-0.1, -0.05) is 42.1 Å². The molecule has 27 heavy (non-hydrogen) atoms. The summed E-state index contributed by atoms with van der Waals surface area (Å²) >= 11 is 2.70. The second kappa shape index (κ2) is 8.54. The van der Waals surface area contributed by atoms with Gasteiger partial charge in [-0.2, -0.15) is 0 Å². The van der Waals surface area contributed by atoms with Gasteiger partial charge in [-0.15, -0.1) is 0 Å². The summed E-state index contributed by atoms with van der Waals surface area (Å²) in [6.45, 7) is 2.35. The fourth-order valence-corrected chi connectivity index (χ4v) is 4.54. The number of hydrogen-bond acceptors (Lipinski definition) is 6. The molecule has 2 heterocycles. The third-order valence-electron chi connectivity index (χ3n) is 4.20. The molecular weight excluding hydrogens is 378 g/mol. The third-order valence-corrected chi connectivity index (χ3v) is 6.31. The van der Waals surface area contributed by atoms with Gasteiger partial charge in [0.2, 0.25) is 0 Å². The maximum atomic E-state index is 13.1. The number of methoxy groups -OCH3 is 1. The second-order valence-electron chi connectivity index (χ2n) is 5.98. The van der Waals surface area contributed by atoms with E-state index < -0.39 is 0 Å². The van der Waals surface area contributed by atoms with Crippen molar-refractivity contribution in [3.05, 3.63) is 75.2 Å². The molecule has 1 aromatic carbocycles. The van der Waals surface area contributed by atoms with Crippen molar-refractivity contribution in [1.29, 1.82) is 5.41 Å². The fourth-order valence-electron chi connectivity index (χ4n) is 2.61. The van der Waals surface area contributed by atoms with Crippen molar-refractivity contribution < 1.29 is 9.53 Å². The topological polar surface area (TPSA) is 56.6 Å². The van der Waals surface area contributed by atoms with E-state index in [4.69, 9.17) is 10.1 Å². The molecule has 0 aliphatic carbocycles. The van der Waals surface area contributed by atoms with Crippen molar-refractivity contribution in [2.24, 2.45) is 0 Å². The molecule has 0 atom stereocenters. The van der Waals surface area contributed by atoms with Crippen LogP contribution < -0.4 is 4.74 Å². The molecule has 2 aliphatic heterocycles. The summed E-state index contributed by atoms with van der Waals surface area (Å²) in [5.74, 6) is 0.595. The van der Waals surface area contributed by atoms with Crippen LogP contribution in [0, 0.1) is 5.41 Å². The number of amidine groups is 1. The van der Waals surface area contributed by atoms with E-state index in [0.29, 0.717) is 11.4 Å². The zero-order valence-electron chi connectivity index (χ0n) is 15.4. The van der Waals surface area contributed by atoms with Gasteiger partial charge in [0.25, 0.3) is 5.91 Å². The van der Waals surface area contributed by atoms with Crippen LogP contribution in [0.15, 0.2) is 69.6 Å². The number of ether oxygens (including phenoxy) is 1. The van der Waals surface area contributed by atoms with Crippen molar-refractivity contribution in [3.63, 3.8) is 0 Å². The molecule has 0 bridgehead atoms. The Morgan fingerprint density at radius 1 is 1.22 bits per heavy atom. The molecule has 140 valence electrons. The maximum absolute atomic E-state index is 13.1. The third kappa shape index (κ3) is 4.31. The average Bonchev–Trinajstić information content (AvgIpc) is 2.98. The molecule has 1 saturated heterocycles. The summed E-state index contributed by atoms with van der Waals surface area (Å²) < 4.78 is 5.25.